The first kappa shape index (κ1) is 31.1. The van der Waals surface area contributed by atoms with Crippen LogP contribution in [0.3, 0.4) is 0 Å². The molecule has 2 N–H and O–H groups in total. The Labute approximate surface area is 249 Å². The van der Waals surface area contributed by atoms with Gasteiger partial charge in [0.2, 0.25) is 0 Å². The SMILES string of the molecule is Cc1c(N2CCN(Cc3cncc(F)c3)CC2)c(=O)n(C[C@H](N)c2ccccc2)c(=O)n1Cc1c(F)cccc1C(F)(F)F. The monoisotopic (exact) mass is 614 g/mol. The molecule has 0 aliphatic carbocycles. The molecule has 13 heteroatoms. The normalized spacial score (nSPS) is 15.0. The van der Waals surface area contributed by atoms with E-state index in [0.29, 0.717) is 43.9 Å². The Morgan fingerprint density at radius 3 is 2.27 bits per heavy atom. The highest BCUT2D eigenvalue weighted by Gasteiger charge is 2.35. The lowest BCUT2D eigenvalue weighted by Gasteiger charge is -2.37. The first-order valence-corrected chi connectivity index (χ1v) is 14.0. The smallest absolute Gasteiger partial charge is 0.363 e. The van der Waals surface area contributed by atoms with E-state index in [4.69, 9.17) is 5.73 Å². The quantitative estimate of drug-likeness (QED) is 0.301. The molecular weight excluding hydrogens is 583 g/mol. The standard InChI is InChI=1S/C31H31F5N6O2/c1-20-28(40-12-10-39(11-13-40)17-21-14-23(32)16-38-15-21)29(43)42(19-27(37)22-6-3-2-4-7-22)30(44)41(20)18-24-25(31(34,35)36)8-5-9-26(24)33/h2-9,14-16,27H,10-13,17-19,37H2,1H3/t27-/m0/s1. The summed E-state index contributed by atoms with van der Waals surface area (Å²) < 4.78 is 72.0. The predicted octanol–water partition coefficient (Wildman–Crippen LogP) is 4.08. The molecule has 0 unspecified atom stereocenters. The molecule has 8 nitrogen and oxygen atoms in total. The molecule has 44 heavy (non-hydrogen) atoms. The molecule has 1 aliphatic heterocycles. The molecule has 232 valence electrons. The van der Waals surface area contributed by atoms with Gasteiger partial charge in [0.1, 0.15) is 17.3 Å². The molecule has 5 rings (SSSR count). The van der Waals surface area contributed by atoms with Crippen molar-refractivity contribution in [1.29, 1.82) is 0 Å². The van der Waals surface area contributed by atoms with Gasteiger partial charge in [0.15, 0.2) is 0 Å². The van der Waals surface area contributed by atoms with Crippen molar-refractivity contribution in [2.75, 3.05) is 31.1 Å². The van der Waals surface area contributed by atoms with Gasteiger partial charge in [-0.3, -0.25) is 23.8 Å². The maximum absolute atomic E-state index is 14.9. The van der Waals surface area contributed by atoms with Crippen LogP contribution < -0.4 is 21.9 Å². The Hall–Kier alpha value is -4.36. The first-order valence-electron chi connectivity index (χ1n) is 14.0. The van der Waals surface area contributed by atoms with E-state index in [-0.39, 0.29) is 17.9 Å². The topological polar surface area (TPSA) is 89.4 Å². The lowest BCUT2D eigenvalue weighted by Crippen LogP contribution is -2.51. The second-order valence-corrected chi connectivity index (χ2v) is 10.8. The fourth-order valence-corrected chi connectivity index (χ4v) is 5.57. The molecule has 1 fully saturated rings. The van der Waals surface area contributed by atoms with Gasteiger partial charge in [0.25, 0.3) is 5.56 Å². The minimum Gasteiger partial charge on any atom is -0.363 e. The van der Waals surface area contributed by atoms with Gasteiger partial charge in [-0.25, -0.2) is 13.6 Å². The van der Waals surface area contributed by atoms with Crippen LogP contribution in [0.15, 0.2) is 76.6 Å². The first-order chi connectivity index (χ1) is 20.9. The molecular formula is C31H31F5N6O2. The van der Waals surface area contributed by atoms with Crippen molar-refractivity contribution in [1.82, 2.24) is 19.0 Å². The van der Waals surface area contributed by atoms with E-state index >= 15 is 0 Å². The van der Waals surface area contributed by atoms with Gasteiger partial charge in [-0.15, -0.1) is 0 Å². The largest absolute Gasteiger partial charge is 0.416 e. The van der Waals surface area contributed by atoms with Crippen molar-refractivity contribution >= 4 is 5.69 Å². The van der Waals surface area contributed by atoms with Crippen molar-refractivity contribution < 1.29 is 22.0 Å². The molecule has 2 aromatic carbocycles. The van der Waals surface area contributed by atoms with Crippen molar-refractivity contribution in [2.24, 2.45) is 5.73 Å². The number of hydrogen-bond donors (Lipinski definition) is 1. The number of halogens is 5. The molecule has 1 atom stereocenters. The highest BCUT2D eigenvalue weighted by molar-refractivity contribution is 5.50. The van der Waals surface area contributed by atoms with Crippen molar-refractivity contribution in [3.8, 4) is 0 Å². The number of rotatable bonds is 8. The fraction of sp³-hybridized carbons (Fsp3) is 0.323. The second kappa shape index (κ2) is 12.7. The lowest BCUT2D eigenvalue weighted by molar-refractivity contribution is -0.138. The third kappa shape index (κ3) is 6.58. The molecule has 0 radical (unpaired) electrons. The zero-order valence-corrected chi connectivity index (χ0v) is 23.9. The Bertz CT molecular complexity index is 1750. The molecule has 0 spiro atoms. The van der Waals surface area contributed by atoms with Crippen LogP contribution in [0.25, 0.3) is 0 Å². The van der Waals surface area contributed by atoms with Crippen molar-refractivity contribution in [3.63, 3.8) is 0 Å². The van der Waals surface area contributed by atoms with E-state index in [2.05, 4.69) is 9.88 Å². The van der Waals surface area contributed by atoms with Gasteiger partial charge in [-0.1, -0.05) is 36.4 Å². The Morgan fingerprint density at radius 2 is 1.61 bits per heavy atom. The Kier molecular flexibility index (Phi) is 8.97. The van der Waals surface area contributed by atoms with Crippen LogP contribution >= 0.6 is 0 Å². The minimum atomic E-state index is -4.87. The van der Waals surface area contributed by atoms with E-state index in [1.54, 1.807) is 41.4 Å². The fourth-order valence-electron chi connectivity index (χ4n) is 5.57. The van der Waals surface area contributed by atoms with E-state index in [0.717, 1.165) is 33.5 Å². The van der Waals surface area contributed by atoms with E-state index in [1.807, 2.05) is 0 Å². The number of anilines is 1. The number of alkyl halides is 3. The molecule has 1 aliphatic rings. The number of nitrogens with zero attached hydrogens (tertiary/aromatic N) is 5. The molecule has 0 saturated carbocycles. The maximum Gasteiger partial charge on any atom is 0.416 e. The summed E-state index contributed by atoms with van der Waals surface area (Å²) in [6.07, 6.45) is -2.18. The summed E-state index contributed by atoms with van der Waals surface area (Å²) in [4.78, 5) is 35.4. The van der Waals surface area contributed by atoms with Crippen molar-refractivity contribution in [2.45, 2.75) is 38.8 Å². The predicted molar refractivity (Wildman–Crippen MR) is 155 cm³/mol. The maximum atomic E-state index is 14.9. The van der Waals surface area contributed by atoms with Crippen LogP contribution in [-0.2, 0) is 25.8 Å². The molecule has 3 heterocycles. The Balaban J connectivity index is 1.54. The van der Waals surface area contributed by atoms with Crippen molar-refractivity contribution in [3.05, 3.63) is 127 Å². The van der Waals surface area contributed by atoms with Crippen LogP contribution in [0.5, 0.6) is 0 Å². The van der Waals surface area contributed by atoms with Gasteiger partial charge < -0.3 is 10.6 Å². The summed E-state index contributed by atoms with van der Waals surface area (Å²) in [5.41, 5.74) is 4.51. The van der Waals surface area contributed by atoms with Gasteiger partial charge in [0, 0.05) is 56.2 Å². The van der Waals surface area contributed by atoms with Crippen LogP contribution in [0.4, 0.5) is 27.6 Å². The summed E-state index contributed by atoms with van der Waals surface area (Å²) in [7, 11) is 0. The van der Waals surface area contributed by atoms with Gasteiger partial charge in [-0.05, 0) is 36.2 Å². The highest BCUT2D eigenvalue weighted by Crippen LogP contribution is 2.33. The number of pyridine rings is 1. The molecule has 0 amide bonds. The van der Waals surface area contributed by atoms with Crippen LogP contribution in [0.2, 0.25) is 0 Å². The van der Waals surface area contributed by atoms with Crippen LogP contribution in [0.1, 0.15) is 34.0 Å². The molecule has 0 bridgehead atoms. The zero-order valence-electron chi connectivity index (χ0n) is 23.9. The van der Waals surface area contributed by atoms with E-state index < -0.39 is 52.8 Å². The molecule has 1 saturated heterocycles. The third-order valence-electron chi connectivity index (χ3n) is 7.86. The van der Waals surface area contributed by atoms with E-state index in [9.17, 15) is 31.5 Å². The number of aromatic nitrogens is 3. The van der Waals surface area contributed by atoms with Crippen LogP contribution in [0, 0.1) is 18.6 Å². The molecule has 2 aromatic heterocycles. The van der Waals surface area contributed by atoms with Crippen LogP contribution in [-0.4, -0.2) is 45.2 Å². The number of piperazine rings is 1. The average molecular weight is 615 g/mol. The second-order valence-electron chi connectivity index (χ2n) is 10.8. The summed E-state index contributed by atoms with van der Waals surface area (Å²) >= 11 is 0. The lowest BCUT2D eigenvalue weighted by atomic mass is 10.1. The zero-order chi connectivity index (χ0) is 31.6. The summed E-state index contributed by atoms with van der Waals surface area (Å²) in [5, 5.41) is 0. The summed E-state index contributed by atoms with van der Waals surface area (Å²) in [5.74, 6) is -1.57. The number of benzene rings is 2. The molecule has 4 aromatic rings. The van der Waals surface area contributed by atoms with Gasteiger partial charge >= 0.3 is 11.9 Å². The van der Waals surface area contributed by atoms with E-state index in [1.165, 1.54) is 13.0 Å². The third-order valence-corrected chi connectivity index (χ3v) is 7.86. The summed E-state index contributed by atoms with van der Waals surface area (Å²) in [6.45, 7) is 2.55. The summed E-state index contributed by atoms with van der Waals surface area (Å²) in [6, 6.07) is 12.0. The highest BCUT2D eigenvalue weighted by atomic mass is 19.4. The number of hydrogen-bond acceptors (Lipinski definition) is 6. The average Bonchev–Trinajstić information content (AvgIpc) is 2.99. The minimum absolute atomic E-state index is 0.115. The number of nitrogens with two attached hydrogens (primary N) is 1. The van der Waals surface area contributed by atoms with Gasteiger partial charge in [-0.2, -0.15) is 13.2 Å². The Morgan fingerprint density at radius 1 is 0.909 bits per heavy atom. The van der Waals surface area contributed by atoms with Gasteiger partial charge in [0.05, 0.1) is 24.8 Å².